The van der Waals surface area contributed by atoms with Crippen LogP contribution in [0.2, 0.25) is 0 Å². The van der Waals surface area contributed by atoms with E-state index in [-0.39, 0.29) is 11.7 Å². The number of hydrogen-bond donors (Lipinski definition) is 1. The molecule has 28 heavy (non-hydrogen) atoms. The molecule has 3 aromatic rings. The fourth-order valence-electron chi connectivity index (χ4n) is 3.43. The Hall–Kier alpha value is -2.54. The van der Waals surface area contributed by atoms with Gasteiger partial charge in [0.2, 0.25) is 0 Å². The Morgan fingerprint density at radius 1 is 1.14 bits per heavy atom. The number of nitrogens with one attached hydrogen (secondary N) is 1. The molecule has 4 rings (SSSR count). The van der Waals surface area contributed by atoms with Gasteiger partial charge in [-0.25, -0.2) is 9.97 Å². The second kappa shape index (κ2) is 7.13. The number of H-pyrrole nitrogens is 1. The maximum atomic E-state index is 12.7. The molecule has 0 radical (unpaired) electrons. The number of aromatic nitrogens is 3. The maximum absolute atomic E-state index is 12.7. The third kappa shape index (κ3) is 3.46. The van der Waals surface area contributed by atoms with Crippen molar-refractivity contribution < 1.29 is 9.59 Å². The molecule has 1 fully saturated rings. The van der Waals surface area contributed by atoms with E-state index in [1.165, 1.54) is 17.8 Å². The summed E-state index contributed by atoms with van der Waals surface area (Å²) in [4.78, 5) is 41.1. The molecule has 146 valence electrons. The number of amides is 1. The van der Waals surface area contributed by atoms with Gasteiger partial charge in [0, 0.05) is 24.7 Å². The topological polar surface area (TPSA) is 79.0 Å². The number of thiophene rings is 1. The summed E-state index contributed by atoms with van der Waals surface area (Å²) < 4.78 is 0. The van der Waals surface area contributed by atoms with E-state index in [9.17, 15) is 9.59 Å². The molecule has 0 aromatic carbocycles. The number of fused-ring (bicyclic) bond motifs is 1. The van der Waals surface area contributed by atoms with E-state index in [1.54, 1.807) is 12.4 Å². The quantitative estimate of drug-likeness (QED) is 0.659. The van der Waals surface area contributed by atoms with Crippen LogP contribution in [0.15, 0.2) is 24.5 Å². The molecule has 1 saturated heterocycles. The van der Waals surface area contributed by atoms with E-state index in [0.29, 0.717) is 22.4 Å². The van der Waals surface area contributed by atoms with Crippen molar-refractivity contribution in [1.82, 2.24) is 19.9 Å². The highest BCUT2D eigenvalue weighted by atomic mass is 32.1. The van der Waals surface area contributed by atoms with E-state index in [0.717, 1.165) is 35.7 Å². The average molecular weight is 397 g/mol. The highest BCUT2D eigenvalue weighted by Crippen LogP contribution is 2.30. The van der Waals surface area contributed by atoms with Crippen LogP contribution in [0.1, 0.15) is 60.1 Å². The fourth-order valence-corrected chi connectivity index (χ4v) is 4.36. The normalized spacial score (nSPS) is 15.2. The zero-order chi connectivity index (χ0) is 19.9. The van der Waals surface area contributed by atoms with Gasteiger partial charge in [-0.1, -0.05) is 20.8 Å². The van der Waals surface area contributed by atoms with Crippen LogP contribution >= 0.6 is 11.3 Å². The highest BCUT2D eigenvalue weighted by Gasteiger charge is 2.27. The minimum atomic E-state index is -0.496. The highest BCUT2D eigenvalue weighted by molar-refractivity contribution is 7.17. The molecular formula is C21H24N4O2S. The van der Waals surface area contributed by atoms with Gasteiger partial charge in [-0.3, -0.25) is 9.59 Å². The third-order valence-corrected chi connectivity index (χ3v) is 6.11. The lowest BCUT2D eigenvalue weighted by Crippen LogP contribution is -2.35. The molecule has 3 aromatic heterocycles. The van der Waals surface area contributed by atoms with Crippen LogP contribution in [-0.4, -0.2) is 44.6 Å². The molecule has 1 amide bonds. The summed E-state index contributed by atoms with van der Waals surface area (Å²) in [5.74, 6) is 0.118. The zero-order valence-electron chi connectivity index (χ0n) is 16.4. The number of aromatic amines is 1. The van der Waals surface area contributed by atoms with Crippen LogP contribution in [0.5, 0.6) is 0 Å². The summed E-state index contributed by atoms with van der Waals surface area (Å²) in [7, 11) is 0. The van der Waals surface area contributed by atoms with Crippen LogP contribution in [0.4, 0.5) is 0 Å². The largest absolute Gasteiger partial charge is 0.344 e. The lowest BCUT2D eigenvalue weighted by Gasteiger charge is -2.26. The van der Waals surface area contributed by atoms with Crippen molar-refractivity contribution in [2.24, 2.45) is 5.41 Å². The molecule has 0 aliphatic carbocycles. The molecule has 0 bridgehead atoms. The number of Topliss-reactive ketones (excluding diaryl/α,β-unsaturated/α-hetero) is 1. The molecule has 0 spiro atoms. The molecule has 0 saturated carbocycles. The van der Waals surface area contributed by atoms with E-state index >= 15 is 0 Å². The summed E-state index contributed by atoms with van der Waals surface area (Å²) in [6, 6.07) is 3.77. The monoisotopic (exact) mass is 396 g/mol. The van der Waals surface area contributed by atoms with Gasteiger partial charge in [0.05, 0.1) is 27.2 Å². The first-order valence-electron chi connectivity index (χ1n) is 9.63. The smallest absolute Gasteiger partial charge is 0.263 e. The lowest BCUT2D eigenvalue weighted by atomic mass is 9.87. The summed E-state index contributed by atoms with van der Waals surface area (Å²) >= 11 is 1.43. The SMILES string of the molecule is CC(C)(C)C(=O)c1c[nH]c2ncc(-c3ccc(C(=O)N4CCCCC4)s3)nc12. The Kier molecular flexibility index (Phi) is 4.79. The maximum Gasteiger partial charge on any atom is 0.263 e. The predicted octanol–water partition coefficient (Wildman–Crippen LogP) is 4.54. The molecule has 0 unspecified atom stereocenters. The minimum absolute atomic E-state index is 0.0253. The number of likely N-dealkylation sites (tertiary alicyclic amines) is 1. The van der Waals surface area contributed by atoms with Gasteiger partial charge in [0.25, 0.3) is 5.91 Å². The minimum Gasteiger partial charge on any atom is -0.344 e. The van der Waals surface area contributed by atoms with Crippen molar-refractivity contribution in [2.45, 2.75) is 40.0 Å². The second-order valence-electron chi connectivity index (χ2n) is 8.25. The molecule has 4 heterocycles. The van der Waals surface area contributed by atoms with Crippen LogP contribution in [-0.2, 0) is 0 Å². The van der Waals surface area contributed by atoms with E-state index < -0.39 is 5.41 Å². The lowest BCUT2D eigenvalue weighted by molar-refractivity contribution is 0.0729. The summed E-state index contributed by atoms with van der Waals surface area (Å²) in [5, 5.41) is 0. The van der Waals surface area contributed by atoms with Gasteiger partial charge >= 0.3 is 0 Å². The number of rotatable bonds is 3. The molecule has 0 atom stereocenters. The third-order valence-electron chi connectivity index (χ3n) is 5.02. The van der Waals surface area contributed by atoms with Crippen LogP contribution in [0, 0.1) is 5.41 Å². The molecule has 6 nitrogen and oxygen atoms in total. The number of piperidine rings is 1. The summed E-state index contributed by atoms with van der Waals surface area (Å²) in [6.45, 7) is 7.34. The predicted molar refractivity (Wildman–Crippen MR) is 111 cm³/mol. The van der Waals surface area contributed by atoms with Crippen LogP contribution < -0.4 is 0 Å². The number of nitrogens with zero attached hydrogens (tertiary/aromatic N) is 3. The van der Waals surface area contributed by atoms with Crippen molar-refractivity contribution in [3.8, 4) is 10.6 Å². The standard InChI is InChI=1S/C21H24N4O2S/c1-21(2,3)18(26)13-11-22-19-17(13)24-14(12-23-19)15-7-8-16(28-15)20(27)25-9-5-4-6-10-25/h7-8,11-12H,4-6,9-10H2,1-3H3,(H,22,23). The van der Waals surface area contributed by atoms with Crippen molar-refractivity contribution in [2.75, 3.05) is 13.1 Å². The molecular weight excluding hydrogens is 372 g/mol. The Morgan fingerprint density at radius 2 is 1.89 bits per heavy atom. The first-order chi connectivity index (χ1) is 13.3. The Labute approximate surface area is 168 Å². The first-order valence-corrected chi connectivity index (χ1v) is 10.4. The summed E-state index contributed by atoms with van der Waals surface area (Å²) in [6.07, 6.45) is 6.71. The molecule has 7 heteroatoms. The van der Waals surface area contributed by atoms with Crippen molar-refractivity contribution in [3.63, 3.8) is 0 Å². The number of carbonyl (C=O) groups excluding carboxylic acids is 2. The van der Waals surface area contributed by atoms with Gasteiger partial charge in [-0.15, -0.1) is 11.3 Å². The first kappa shape index (κ1) is 18.8. The number of carbonyl (C=O) groups is 2. The van der Waals surface area contributed by atoms with Gasteiger partial charge < -0.3 is 9.88 Å². The fraction of sp³-hybridized carbons (Fsp3) is 0.429. The van der Waals surface area contributed by atoms with Gasteiger partial charge in [0.15, 0.2) is 11.4 Å². The van der Waals surface area contributed by atoms with E-state index in [4.69, 9.17) is 4.98 Å². The van der Waals surface area contributed by atoms with Gasteiger partial charge in [-0.2, -0.15) is 0 Å². The Bertz CT molecular complexity index is 1040. The van der Waals surface area contributed by atoms with Crippen molar-refractivity contribution >= 4 is 34.2 Å². The van der Waals surface area contributed by atoms with Crippen molar-refractivity contribution in [3.05, 3.63) is 35.0 Å². The Balaban J connectivity index is 1.65. The Morgan fingerprint density at radius 3 is 2.61 bits per heavy atom. The molecule has 1 aliphatic rings. The average Bonchev–Trinajstić information content (AvgIpc) is 3.33. The van der Waals surface area contributed by atoms with Gasteiger partial charge in [0.1, 0.15) is 5.52 Å². The molecule has 1 N–H and O–H groups in total. The number of ketones is 1. The zero-order valence-corrected chi connectivity index (χ0v) is 17.2. The van der Waals surface area contributed by atoms with Crippen molar-refractivity contribution in [1.29, 1.82) is 0 Å². The van der Waals surface area contributed by atoms with Gasteiger partial charge in [-0.05, 0) is 31.4 Å². The van der Waals surface area contributed by atoms with E-state index in [1.807, 2.05) is 37.8 Å². The number of hydrogen-bond acceptors (Lipinski definition) is 5. The van der Waals surface area contributed by atoms with Crippen LogP contribution in [0.25, 0.3) is 21.7 Å². The van der Waals surface area contributed by atoms with E-state index in [2.05, 4.69) is 9.97 Å². The molecule has 1 aliphatic heterocycles. The second-order valence-corrected chi connectivity index (χ2v) is 9.33. The van der Waals surface area contributed by atoms with Crippen LogP contribution in [0.3, 0.4) is 0 Å². The summed E-state index contributed by atoms with van der Waals surface area (Å²) in [5.41, 5.74) is 1.91.